The zero-order valence-corrected chi connectivity index (χ0v) is 7.22. The van der Waals surface area contributed by atoms with E-state index < -0.39 is 0 Å². The molecule has 0 atom stereocenters. The molecule has 3 N–H and O–H groups in total. The minimum atomic E-state index is 0. The second-order valence-electron chi connectivity index (χ2n) is 2.43. The second-order valence-corrected chi connectivity index (χ2v) is 2.43. The van der Waals surface area contributed by atoms with E-state index in [0.29, 0.717) is 0 Å². The predicted molar refractivity (Wildman–Crippen MR) is 52.5 cm³/mol. The SMILES string of the molecule is N.c1ccc(-c2ccccn2)nc1. The van der Waals surface area contributed by atoms with Gasteiger partial charge in [0.25, 0.3) is 0 Å². The summed E-state index contributed by atoms with van der Waals surface area (Å²) in [5.41, 5.74) is 1.83. The predicted octanol–water partition coefficient (Wildman–Crippen LogP) is 2.31. The van der Waals surface area contributed by atoms with E-state index in [-0.39, 0.29) is 6.15 Å². The monoisotopic (exact) mass is 173 g/mol. The van der Waals surface area contributed by atoms with Gasteiger partial charge in [-0.3, -0.25) is 9.97 Å². The van der Waals surface area contributed by atoms with Gasteiger partial charge in [0.2, 0.25) is 0 Å². The largest absolute Gasteiger partial charge is 0.344 e. The summed E-state index contributed by atoms with van der Waals surface area (Å²) in [6.45, 7) is 0. The Morgan fingerprint density at radius 3 is 1.46 bits per heavy atom. The quantitative estimate of drug-likeness (QED) is 0.719. The maximum atomic E-state index is 4.19. The Labute approximate surface area is 77.1 Å². The first-order valence-electron chi connectivity index (χ1n) is 3.79. The Kier molecular flexibility index (Phi) is 3.11. The van der Waals surface area contributed by atoms with Gasteiger partial charge in [0.1, 0.15) is 0 Å². The molecule has 0 spiro atoms. The summed E-state index contributed by atoms with van der Waals surface area (Å²) in [4.78, 5) is 8.37. The lowest BCUT2D eigenvalue weighted by molar-refractivity contribution is 1.25. The fraction of sp³-hybridized carbons (Fsp3) is 0. The number of hydrogen-bond donors (Lipinski definition) is 1. The molecule has 0 bridgehead atoms. The lowest BCUT2D eigenvalue weighted by Gasteiger charge is -1.96. The molecule has 0 aliphatic carbocycles. The molecule has 0 fully saturated rings. The fourth-order valence-corrected chi connectivity index (χ4v) is 1.03. The van der Waals surface area contributed by atoms with E-state index in [2.05, 4.69) is 9.97 Å². The normalized spacial score (nSPS) is 8.92. The van der Waals surface area contributed by atoms with Crippen molar-refractivity contribution >= 4 is 0 Å². The third-order valence-corrected chi connectivity index (χ3v) is 1.59. The third-order valence-electron chi connectivity index (χ3n) is 1.59. The topological polar surface area (TPSA) is 60.8 Å². The third kappa shape index (κ3) is 2.10. The molecule has 3 heteroatoms. The molecule has 0 saturated carbocycles. The smallest absolute Gasteiger partial charge is 0.0886 e. The standard InChI is InChI=1S/C10H8N2.H3N/c1-3-7-11-9(5-1)10-6-2-4-8-12-10;/h1-8H;1H3. The number of pyridine rings is 2. The summed E-state index contributed by atoms with van der Waals surface area (Å²) in [6, 6.07) is 11.6. The number of aromatic nitrogens is 2. The summed E-state index contributed by atoms with van der Waals surface area (Å²) < 4.78 is 0. The van der Waals surface area contributed by atoms with Crippen LogP contribution < -0.4 is 6.15 Å². The first kappa shape index (κ1) is 9.35. The minimum Gasteiger partial charge on any atom is -0.344 e. The first-order valence-corrected chi connectivity index (χ1v) is 3.79. The van der Waals surface area contributed by atoms with Gasteiger partial charge in [-0.15, -0.1) is 0 Å². The van der Waals surface area contributed by atoms with E-state index in [4.69, 9.17) is 0 Å². The summed E-state index contributed by atoms with van der Waals surface area (Å²) in [6.07, 6.45) is 3.54. The van der Waals surface area contributed by atoms with Crippen LogP contribution in [0.3, 0.4) is 0 Å². The molecule has 2 rings (SSSR count). The van der Waals surface area contributed by atoms with Gasteiger partial charge >= 0.3 is 0 Å². The van der Waals surface area contributed by atoms with Crippen molar-refractivity contribution in [2.75, 3.05) is 0 Å². The Balaban J connectivity index is 0.000000845. The average Bonchev–Trinajstić information content (AvgIpc) is 2.21. The molecule has 0 amide bonds. The molecule has 0 aliphatic rings. The van der Waals surface area contributed by atoms with Gasteiger partial charge in [0.15, 0.2) is 0 Å². The van der Waals surface area contributed by atoms with Crippen molar-refractivity contribution in [2.45, 2.75) is 0 Å². The van der Waals surface area contributed by atoms with Crippen LogP contribution in [0, 0.1) is 0 Å². The van der Waals surface area contributed by atoms with Gasteiger partial charge in [-0.05, 0) is 24.3 Å². The molecule has 0 saturated heterocycles. The number of rotatable bonds is 1. The van der Waals surface area contributed by atoms with Gasteiger partial charge in [-0.2, -0.15) is 0 Å². The van der Waals surface area contributed by atoms with Gasteiger partial charge in [-0.25, -0.2) is 0 Å². The maximum Gasteiger partial charge on any atom is 0.0886 e. The maximum absolute atomic E-state index is 4.19. The molecule has 2 heterocycles. The van der Waals surface area contributed by atoms with Crippen molar-refractivity contribution in [3.8, 4) is 11.4 Å². The molecule has 0 aromatic carbocycles. The highest BCUT2D eigenvalue weighted by atomic mass is 14.7. The van der Waals surface area contributed by atoms with E-state index in [1.54, 1.807) is 12.4 Å². The summed E-state index contributed by atoms with van der Waals surface area (Å²) in [5.74, 6) is 0. The molecule has 13 heavy (non-hydrogen) atoms. The molecule has 0 aliphatic heterocycles. The van der Waals surface area contributed by atoms with Crippen LogP contribution >= 0.6 is 0 Å². The highest BCUT2D eigenvalue weighted by Gasteiger charge is 1.95. The van der Waals surface area contributed by atoms with Gasteiger partial charge in [0.05, 0.1) is 11.4 Å². The second kappa shape index (κ2) is 4.33. The molecular weight excluding hydrogens is 162 g/mol. The Morgan fingerprint density at radius 1 is 0.692 bits per heavy atom. The van der Waals surface area contributed by atoms with Crippen LogP contribution in [-0.4, -0.2) is 9.97 Å². The van der Waals surface area contributed by atoms with Crippen molar-refractivity contribution in [3.05, 3.63) is 48.8 Å². The van der Waals surface area contributed by atoms with Gasteiger partial charge in [-0.1, -0.05) is 12.1 Å². The fourth-order valence-electron chi connectivity index (χ4n) is 1.03. The van der Waals surface area contributed by atoms with E-state index in [0.717, 1.165) is 11.4 Å². The highest BCUT2D eigenvalue weighted by Crippen LogP contribution is 2.10. The average molecular weight is 173 g/mol. The Hall–Kier alpha value is -1.74. The van der Waals surface area contributed by atoms with Crippen LogP contribution in [0.2, 0.25) is 0 Å². The minimum absolute atomic E-state index is 0. The lowest BCUT2D eigenvalue weighted by Crippen LogP contribution is -1.83. The van der Waals surface area contributed by atoms with Crippen LogP contribution in [0.5, 0.6) is 0 Å². The molecule has 66 valence electrons. The van der Waals surface area contributed by atoms with Gasteiger partial charge < -0.3 is 6.15 Å². The summed E-state index contributed by atoms with van der Waals surface area (Å²) in [5, 5.41) is 0. The van der Waals surface area contributed by atoms with E-state index in [1.165, 1.54) is 0 Å². The number of hydrogen-bond acceptors (Lipinski definition) is 3. The van der Waals surface area contributed by atoms with E-state index in [1.807, 2.05) is 36.4 Å². The molecule has 0 radical (unpaired) electrons. The van der Waals surface area contributed by atoms with Crippen LogP contribution in [0.25, 0.3) is 11.4 Å². The molecule has 2 aromatic rings. The highest BCUT2D eigenvalue weighted by molar-refractivity contribution is 5.52. The van der Waals surface area contributed by atoms with Crippen molar-refractivity contribution in [1.82, 2.24) is 16.1 Å². The molecule has 0 unspecified atom stereocenters. The van der Waals surface area contributed by atoms with Gasteiger partial charge in [0, 0.05) is 12.4 Å². The summed E-state index contributed by atoms with van der Waals surface area (Å²) >= 11 is 0. The Morgan fingerprint density at radius 2 is 1.15 bits per heavy atom. The molecular formula is C10H11N3. The van der Waals surface area contributed by atoms with Crippen molar-refractivity contribution in [2.24, 2.45) is 0 Å². The zero-order valence-electron chi connectivity index (χ0n) is 7.22. The Bertz CT molecular complexity index is 308. The molecule has 2 aromatic heterocycles. The van der Waals surface area contributed by atoms with Crippen LogP contribution in [0.4, 0.5) is 0 Å². The molecule has 3 nitrogen and oxygen atoms in total. The van der Waals surface area contributed by atoms with Crippen LogP contribution in [-0.2, 0) is 0 Å². The first-order chi connectivity index (χ1) is 5.97. The van der Waals surface area contributed by atoms with E-state index in [9.17, 15) is 0 Å². The van der Waals surface area contributed by atoms with Crippen molar-refractivity contribution < 1.29 is 0 Å². The van der Waals surface area contributed by atoms with Crippen LogP contribution in [0.1, 0.15) is 0 Å². The number of nitrogens with zero attached hydrogens (tertiary/aromatic N) is 2. The van der Waals surface area contributed by atoms with E-state index >= 15 is 0 Å². The van der Waals surface area contributed by atoms with Crippen molar-refractivity contribution in [3.63, 3.8) is 0 Å². The zero-order chi connectivity index (χ0) is 8.23. The lowest BCUT2D eigenvalue weighted by atomic mass is 10.2. The van der Waals surface area contributed by atoms with Crippen LogP contribution in [0.15, 0.2) is 48.8 Å². The summed E-state index contributed by atoms with van der Waals surface area (Å²) in [7, 11) is 0. The van der Waals surface area contributed by atoms with Crippen molar-refractivity contribution in [1.29, 1.82) is 0 Å².